The van der Waals surface area contributed by atoms with Crippen molar-refractivity contribution in [2.75, 3.05) is 6.54 Å². The Morgan fingerprint density at radius 3 is 1.68 bits per heavy atom. The van der Waals surface area contributed by atoms with E-state index in [9.17, 15) is 13.2 Å². The van der Waals surface area contributed by atoms with E-state index in [1.807, 2.05) is 97.9 Å². The van der Waals surface area contributed by atoms with Crippen LogP contribution >= 0.6 is 0 Å². The summed E-state index contributed by atoms with van der Waals surface area (Å²) in [5, 5.41) is 0. The number of nitrogens with zero attached hydrogens (tertiary/aromatic N) is 1. The number of benzene rings is 4. The number of sulfonamides is 1. The van der Waals surface area contributed by atoms with E-state index in [4.69, 9.17) is 4.74 Å². The molecule has 1 atom stereocenters. The van der Waals surface area contributed by atoms with E-state index < -0.39 is 27.6 Å². The predicted molar refractivity (Wildman–Crippen MR) is 143 cm³/mol. The second-order valence-electron chi connectivity index (χ2n) is 9.29. The van der Waals surface area contributed by atoms with Crippen molar-refractivity contribution in [1.29, 1.82) is 0 Å². The maximum absolute atomic E-state index is 14.0. The molecule has 0 radical (unpaired) electrons. The van der Waals surface area contributed by atoms with E-state index in [1.54, 1.807) is 24.3 Å². The van der Waals surface area contributed by atoms with Gasteiger partial charge in [0.1, 0.15) is 6.04 Å². The number of carbonyl (C=O) groups excluding carboxylic acids is 1. The molecule has 0 spiro atoms. The number of esters is 1. The molecule has 37 heavy (non-hydrogen) atoms. The minimum Gasteiger partial charge on any atom is -0.443 e. The maximum Gasteiger partial charge on any atom is 0.326 e. The molecule has 6 heteroatoms. The molecule has 4 aromatic carbocycles. The van der Waals surface area contributed by atoms with Crippen LogP contribution in [-0.4, -0.2) is 31.3 Å². The lowest BCUT2D eigenvalue weighted by Gasteiger charge is -2.37. The van der Waals surface area contributed by atoms with E-state index in [-0.39, 0.29) is 11.4 Å². The summed E-state index contributed by atoms with van der Waals surface area (Å²) in [5.41, 5.74) is 2.07. The Kier molecular flexibility index (Phi) is 6.96. The van der Waals surface area contributed by atoms with E-state index in [2.05, 4.69) is 0 Å². The van der Waals surface area contributed by atoms with Gasteiger partial charge in [0.15, 0.2) is 5.60 Å². The summed E-state index contributed by atoms with van der Waals surface area (Å²) in [4.78, 5) is 14.2. The monoisotopic (exact) mass is 511 g/mol. The normalized spacial score (nSPS) is 16.4. The van der Waals surface area contributed by atoms with Gasteiger partial charge in [-0.05, 0) is 31.9 Å². The molecule has 1 saturated heterocycles. The fourth-order valence-electron chi connectivity index (χ4n) is 5.02. The molecular weight excluding hydrogens is 482 g/mol. The molecular formula is C31H29NO4S. The van der Waals surface area contributed by atoms with Crippen LogP contribution in [0.2, 0.25) is 0 Å². The Hall–Kier alpha value is -3.74. The summed E-state index contributed by atoms with van der Waals surface area (Å²) in [6.45, 7) is 2.17. The lowest BCUT2D eigenvalue weighted by molar-refractivity contribution is -0.157. The first kappa shape index (κ1) is 24.9. The van der Waals surface area contributed by atoms with Gasteiger partial charge in [-0.15, -0.1) is 0 Å². The highest BCUT2D eigenvalue weighted by Crippen LogP contribution is 2.41. The van der Waals surface area contributed by atoms with Crippen LogP contribution < -0.4 is 0 Å². The summed E-state index contributed by atoms with van der Waals surface area (Å²) < 4.78 is 34.9. The van der Waals surface area contributed by atoms with E-state index in [1.165, 1.54) is 4.31 Å². The molecule has 0 N–H and O–H groups in total. The first-order valence-electron chi connectivity index (χ1n) is 12.4. The van der Waals surface area contributed by atoms with Crippen molar-refractivity contribution in [1.82, 2.24) is 4.31 Å². The number of aryl methyl sites for hydroxylation is 1. The van der Waals surface area contributed by atoms with Crippen LogP contribution in [0.5, 0.6) is 0 Å². The first-order chi connectivity index (χ1) is 17.9. The number of rotatable bonds is 7. The van der Waals surface area contributed by atoms with Gasteiger partial charge in [0, 0.05) is 23.2 Å². The Bertz CT molecular complexity index is 1360. The number of ether oxygens (including phenoxy) is 1. The van der Waals surface area contributed by atoms with Crippen molar-refractivity contribution in [3.63, 3.8) is 0 Å². The second-order valence-corrected chi connectivity index (χ2v) is 11.2. The highest BCUT2D eigenvalue weighted by atomic mass is 32.2. The lowest BCUT2D eigenvalue weighted by atomic mass is 9.80. The zero-order chi connectivity index (χ0) is 25.9. The topological polar surface area (TPSA) is 63.7 Å². The van der Waals surface area contributed by atoms with Gasteiger partial charge >= 0.3 is 5.97 Å². The molecule has 188 valence electrons. The van der Waals surface area contributed by atoms with Crippen LogP contribution in [0.3, 0.4) is 0 Å². The van der Waals surface area contributed by atoms with Crippen molar-refractivity contribution >= 4 is 16.0 Å². The molecule has 1 unspecified atom stereocenters. The van der Waals surface area contributed by atoms with Gasteiger partial charge in [0.2, 0.25) is 10.0 Å². The van der Waals surface area contributed by atoms with Gasteiger partial charge in [-0.1, -0.05) is 109 Å². The fraction of sp³-hybridized carbons (Fsp3) is 0.194. The quantitative estimate of drug-likeness (QED) is 0.236. The van der Waals surface area contributed by atoms with Gasteiger partial charge in [-0.2, -0.15) is 4.31 Å². The predicted octanol–water partition coefficient (Wildman–Crippen LogP) is 5.68. The van der Waals surface area contributed by atoms with Crippen molar-refractivity contribution in [3.05, 3.63) is 138 Å². The Labute approximate surface area is 218 Å². The highest BCUT2D eigenvalue weighted by molar-refractivity contribution is 7.89. The molecule has 5 nitrogen and oxygen atoms in total. The summed E-state index contributed by atoms with van der Waals surface area (Å²) in [6.07, 6.45) is 0.984. The van der Waals surface area contributed by atoms with E-state index in [0.717, 1.165) is 22.3 Å². The number of hydrogen-bond acceptors (Lipinski definition) is 4. The van der Waals surface area contributed by atoms with Crippen LogP contribution in [0.1, 0.15) is 35.1 Å². The third-order valence-electron chi connectivity index (χ3n) is 6.90. The second kappa shape index (κ2) is 10.3. The summed E-state index contributed by atoms with van der Waals surface area (Å²) in [5.74, 6) is -0.565. The average molecular weight is 512 g/mol. The Balaban J connectivity index is 1.59. The molecule has 1 aliphatic heterocycles. The van der Waals surface area contributed by atoms with Crippen LogP contribution in [-0.2, 0) is 25.2 Å². The van der Waals surface area contributed by atoms with Gasteiger partial charge in [0.25, 0.3) is 0 Å². The molecule has 1 fully saturated rings. The van der Waals surface area contributed by atoms with Crippen molar-refractivity contribution in [2.24, 2.45) is 0 Å². The van der Waals surface area contributed by atoms with Gasteiger partial charge in [-0.3, -0.25) is 4.79 Å². The molecule has 0 bridgehead atoms. The molecule has 1 heterocycles. The van der Waals surface area contributed by atoms with Crippen LogP contribution in [0.25, 0.3) is 0 Å². The molecule has 0 aliphatic carbocycles. The molecule has 0 aromatic heterocycles. The average Bonchev–Trinajstić information content (AvgIpc) is 3.45. The minimum atomic E-state index is -3.87. The lowest BCUT2D eigenvalue weighted by Crippen LogP contribution is -2.45. The van der Waals surface area contributed by atoms with Crippen LogP contribution in [0.15, 0.2) is 120 Å². The zero-order valence-electron chi connectivity index (χ0n) is 20.7. The molecule has 4 aromatic rings. The molecule has 0 saturated carbocycles. The molecule has 5 rings (SSSR count). The number of carbonyl (C=O) groups is 1. The maximum atomic E-state index is 14.0. The van der Waals surface area contributed by atoms with Crippen molar-refractivity contribution in [3.8, 4) is 0 Å². The number of hydrogen-bond donors (Lipinski definition) is 0. The van der Waals surface area contributed by atoms with Gasteiger partial charge in [0.05, 0.1) is 4.90 Å². The first-order valence-corrected chi connectivity index (χ1v) is 13.8. The van der Waals surface area contributed by atoms with Crippen molar-refractivity contribution in [2.45, 2.75) is 36.3 Å². The summed E-state index contributed by atoms with van der Waals surface area (Å²) in [6, 6.07) is 34.6. The van der Waals surface area contributed by atoms with Crippen LogP contribution in [0, 0.1) is 6.92 Å². The molecule has 0 amide bonds. The standard InChI is InChI=1S/C31H29NO4S/c1-24-19-21-28(22-20-24)37(34,35)32-23-11-18-29(32)30(33)36-31(25-12-5-2-6-13-25,26-14-7-3-8-15-26)27-16-9-4-10-17-27/h2-10,12-17,19-22,29H,11,18,23H2,1H3. The van der Waals surface area contributed by atoms with Gasteiger partial charge < -0.3 is 4.74 Å². The zero-order valence-corrected chi connectivity index (χ0v) is 21.5. The summed E-state index contributed by atoms with van der Waals surface area (Å²) in [7, 11) is -3.87. The smallest absolute Gasteiger partial charge is 0.326 e. The third kappa shape index (κ3) is 4.70. The fourth-order valence-corrected chi connectivity index (χ4v) is 6.67. The van der Waals surface area contributed by atoms with Crippen LogP contribution in [0.4, 0.5) is 0 Å². The van der Waals surface area contributed by atoms with E-state index >= 15 is 0 Å². The summed E-state index contributed by atoms with van der Waals surface area (Å²) >= 11 is 0. The Morgan fingerprint density at radius 2 is 1.22 bits per heavy atom. The Morgan fingerprint density at radius 1 is 0.757 bits per heavy atom. The largest absolute Gasteiger partial charge is 0.443 e. The third-order valence-corrected chi connectivity index (χ3v) is 8.82. The van der Waals surface area contributed by atoms with Crippen molar-refractivity contribution < 1.29 is 17.9 Å². The van der Waals surface area contributed by atoms with Gasteiger partial charge in [-0.25, -0.2) is 8.42 Å². The van der Waals surface area contributed by atoms with E-state index in [0.29, 0.717) is 12.8 Å². The minimum absolute atomic E-state index is 0.179. The molecule has 1 aliphatic rings. The SMILES string of the molecule is Cc1ccc(S(=O)(=O)N2CCCC2C(=O)OC(c2ccccc2)(c2ccccc2)c2ccccc2)cc1. The highest BCUT2D eigenvalue weighted by Gasteiger charge is 2.46.